The van der Waals surface area contributed by atoms with Gasteiger partial charge in [-0.2, -0.15) is 5.10 Å². The normalized spacial score (nSPS) is 20.6. The Hall–Kier alpha value is -2.41. The number of aromatic nitrogens is 3. The van der Waals surface area contributed by atoms with Crippen molar-refractivity contribution in [2.24, 2.45) is 7.05 Å². The number of nitrogens with zero attached hydrogens (tertiary/aromatic N) is 3. The molecule has 3 heterocycles. The molecule has 2 aromatic heterocycles. The van der Waals surface area contributed by atoms with Crippen LogP contribution in [0.4, 0.5) is 8.78 Å². The molecular formula is C22H28F2N4O. The minimum absolute atomic E-state index is 0.0264. The highest BCUT2D eigenvalue weighted by atomic mass is 19.3. The van der Waals surface area contributed by atoms with Crippen LogP contribution in [0.5, 0.6) is 5.75 Å². The Kier molecular flexibility index (Phi) is 5.58. The van der Waals surface area contributed by atoms with Gasteiger partial charge in [-0.3, -0.25) is 4.68 Å². The second kappa shape index (κ2) is 8.14. The lowest BCUT2D eigenvalue weighted by Gasteiger charge is -2.38. The van der Waals surface area contributed by atoms with E-state index in [-0.39, 0.29) is 18.4 Å². The maximum atomic E-state index is 12.7. The van der Waals surface area contributed by atoms with Crippen molar-refractivity contribution in [2.75, 3.05) is 19.6 Å². The van der Waals surface area contributed by atoms with Gasteiger partial charge in [0, 0.05) is 56.8 Å². The first-order valence-corrected chi connectivity index (χ1v) is 10.2. The first-order valence-electron chi connectivity index (χ1n) is 10.2. The Balaban J connectivity index is 1.61. The average Bonchev–Trinajstić information content (AvgIpc) is 3.33. The molecule has 29 heavy (non-hydrogen) atoms. The third kappa shape index (κ3) is 4.15. The largest absolute Gasteiger partial charge is 0.489 e. The van der Waals surface area contributed by atoms with E-state index < -0.39 is 6.43 Å². The molecule has 0 radical (unpaired) electrons. The number of hydrogen-bond acceptors (Lipinski definition) is 3. The molecule has 1 fully saturated rings. The Labute approximate surface area is 169 Å². The molecular weight excluding hydrogens is 374 g/mol. The molecule has 2 atom stereocenters. The van der Waals surface area contributed by atoms with Crippen LogP contribution in [0.15, 0.2) is 30.7 Å². The molecule has 5 nitrogen and oxygen atoms in total. The number of nitrogens with one attached hydrogen (secondary N) is 1. The quantitative estimate of drug-likeness (QED) is 0.664. The van der Waals surface area contributed by atoms with Gasteiger partial charge in [0.15, 0.2) is 0 Å². The number of hydrogen-bond donors (Lipinski definition) is 1. The molecule has 1 aliphatic rings. The number of benzene rings is 1. The molecule has 1 saturated heterocycles. The van der Waals surface area contributed by atoms with Gasteiger partial charge in [-0.1, -0.05) is 6.07 Å². The number of aryl methyl sites for hydroxylation is 3. The Morgan fingerprint density at radius 2 is 2.14 bits per heavy atom. The van der Waals surface area contributed by atoms with Crippen molar-refractivity contribution in [3.05, 3.63) is 47.4 Å². The summed E-state index contributed by atoms with van der Waals surface area (Å²) in [5.41, 5.74) is 4.49. The van der Waals surface area contributed by atoms with E-state index in [1.807, 2.05) is 25.6 Å². The van der Waals surface area contributed by atoms with Crippen LogP contribution in [0, 0.1) is 13.8 Å². The number of alkyl halides is 2. The zero-order valence-corrected chi connectivity index (χ0v) is 17.2. The molecule has 0 aliphatic carbocycles. The van der Waals surface area contributed by atoms with Crippen LogP contribution in [0.2, 0.25) is 0 Å². The molecule has 0 bridgehead atoms. The fourth-order valence-electron chi connectivity index (χ4n) is 4.44. The molecule has 7 heteroatoms. The summed E-state index contributed by atoms with van der Waals surface area (Å²) in [7, 11) is 1.89. The van der Waals surface area contributed by atoms with Gasteiger partial charge >= 0.3 is 0 Å². The van der Waals surface area contributed by atoms with Gasteiger partial charge < -0.3 is 14.6 Å². The van der Waals surface area contributed by atoms with E-state index >= 15 is 0 Å². The fourth-order valence-corrected chi connectivity index (χ4v) is 4.44. The lowest BCUT2D eigenvalue weighted by atomic mass is 9.89. The number of rotatable bonds is 6. The third-order valence-corrected chi connectivity index (χ3v) is 5.90. The van der Waals surface area contributed by atoms with Crippen molar-refractivity contribution in [3.8, 4) is 5.75 Å². The first-order chi connectivity index (χ1) is 13.9. The fraction of sp³-hybridized carbons (Fsp3) is 0.500. The summed E-state index contributed by atoms with van der Waals surface area (Å²) in [6, 6.07) is 4.20. The summed E-state index contributed by atoms with van der Waals surface area (Å²) in [4.78, 5) is 5.42. The molecule has 4 rings (SSSR count). The Morgan fingerprint density at radius 3 is 2.86 bits per heavy atom. The minimum Gasteiger partial charge on any atom is -0.489 e. The second-order valence-electron chi connectivity index (χ2n) is 8.09. The standard InChI is InChI=1S/C22H28F2N4O/c1-14-10-15(2)22(17-4-7-25-21(14)17)29-19-5-8-28(9-6-20(23)24)13-18(19)16-11-26-27(3)12-16/h4,7,10-12,18-20,25H,5-6,8-9,13H2,1-3H3/t18-,19+/m0/s1. The zero-order chi connectivity index (χ0) is 20.5. The smallest absolute Gasteiger partial charge is 0.239 e. The Bertz CT molecular complexity index is 981. The van der Waals surface area contributed by atoms with E-state index in [0.29, 0.717) is 13.1 Å². The van der Waals surface area contributed by atoms with Crippen molar-refractivity contribution in [3.63, 3.8) is 0 Å². The summed E-state index contributed by atoms with van der Waals surface area (Å²) in [6.45, 7) is 6.04. The van der Waals surface area contributed by atoms with Crippen molar-refractivity contribution in [1.82, 2.24) is 19.7 Å². The van der Waals surface area contributed by atoms with Crippen LogP contribution in [0.25, 0.3) is 10.9 Å². The number of H-pyrrole nitrogens is 1. The van der Waals surface area contributed by atoms with Gasteiger partial charge in [0.2, 0.25) is 6.43 Å². The van der Waals surface area contributed by atoms with E-state index in [9.17, 15) is 8.78 Å². The van der Waals surface area contributed by atoms with Crippen LogP contribution in [-0.4, -0.2) is 51.8 Å². The van der Waals surface area contributed by atoms with Crippen LogP contribution < -0.4 is 4.74 Å². The summed E-state index contributed by atoms with van der Waals surface area (Å²) >= 11 is 0. The van der Waals surface area contributed by atoms with Crippen molar-refractivity contribution < 1.29 is 13.5 Å². The van der Waals surface area contributed by atoms with E-state index in [1.165, 1.54) is 5.56 Å². The second-order valence-corrected chi connectivity index (χ2v) is 8.09. The maximum absolute atomic E-state index is 12.7. The minimum atomic E-state index is -2.27. The van der Waals surface area contributed by atoms with E-state index in [0.717, 1.165) is 40.7 Å². The van der Waals surface area contributed by atoms with Gasteiger partial charge in [0.05, 0.1) is 11.7 Å². The first kappa shape index (κ1) is 19.9. The number of halogens is 2. The molecule has 3 aromatic rings. The van der Waals surface area contributed by atoms with Crippen LogP contribution in [-0.2, 0) is 7.05 Å². The molecule has 0 saturated carbocycles. The number of ether oxygens (including phenoxy) is 1. The lowest BCUT2D eigenvalue weighted by molar-refractivity contribution is 0.0611. The van der Waals surface area contributed by atoms with E-state index in [2.05, 4.69) is 41.0 Å². The molecule has 0 amide bonds. The monoisotopic (exact) mass is 402 g/mol. The Morgan fingerprint density at radius 1 is 1.31 bits per heavy atom. The highest BCUT2D eigenvalue weighted by molar-refractivity contribution is 5.89. The van der Waals surface area contributed by atoms with Gasteiger partial charge in [-0.05, 0) is 43.0 Å². The SMILES string of the molecule is Cc1cc(C)c2[nH]ccc2c1O[C@@H]1CCN(CCC(F)F)C[C@H]1c1cnn(C)c1. The lowest BCUT2D eigenvalue weighted by Crippen LogP contribution is -2.44. The summed E-state index contributed by atoms with van der Waals surface area (Å²) in [5, 5.41) is 5.41. The predicted octanol–water partition coefficient (Wildman–Crippen LogP) is 4.41. The van der Waals surface area contributed by atoms with Gasteiger partial charge in [0.1, 0.15) is 11.9 Å². The van der Waals surface area contributed by atoms with Crippen LogP contribution in [0.3, 0.4) is 0 Å². The van der Waals surface area contributed by atoms with Crippen molar-refractivity contribution >= 4 is 10.9 Å². The number of fused-ring (bicyclic) bond motifs is 1. The molecule has 0 spiro atoms. The van der Waals surface area contributed by atoms with Crippen molar-refractivity contribution in [1.29, 1.82) is 0 Å². The van der Waals surface area contributed by atoms with Crippen molar-refractivity contribution in [2.45, 2.75) is 45.1 Å². The number of piperidine rings is 1. The molecule has 1 aromatic carbocycles. The zero-order valence-electron chi connectivity index (χ0n) is 17.2. The maximum Gasteiger partial charge on any atom is 0.239 e. The van der Waals surface area contributed by atoms with Gasteiger partial charge in [-0.25, -0.2) is 8.78 Å². The van der Waals surface area contributed by atoms with E-state index in [1.54, 1.807) is 4.68 Å². The summed E-state index contributed by atoms with van der Waals surface area (Å²) in [5.74, 6) is 0.997. The molecule has 1 aliphatic heterocycles. The van der Waals surface area contributed by atoms with Crippen LogP contribution in [0.1, 0.15) is 35.4 Å². The highest BCUT2D eigenvalue weighted by Gasteiger charge is 2.33. The van der Waals surface area contributed by atoms with Crippen LogP contribution >= 0.6 is 0 Å². The third-order valence-electron chi connectivity index (χ3n) is 5.90. The predicted molar refractivity (Wildman–Crippen MR) is 110 cm³/mol. The average molecular weight is 402 g/mol. The molecule has 0 unspecified atom stereocenters. The summed E-state index contributed by atoms with van der Waals surface area (Å²) in [6.07, 6.45) is 4.22. The number of aromatic amines is 1. The highest BCUT2D eigenvalue weighted by Crippen LogP contribution is 2.36. The molecule has 1 N–H and O–H groups in total. The van der Waals surface area contributed by atoms with Gasteiger partial charge in [-0.15, -0.1) is 0 Å². The summed E-state index contributed by atoms with van der Waals surface area (Å²) < 4.78 is 33.8. The molecule has 156 valence electrons. The van der Waals surface area contributed by atoms with E-state index in [4.69, 9.17) is 4.74 Å². The topological polar surface area (TPSA) is 46.1 Å². The van der Waals surface area contributed by atoms with Gasteiger partial charge in [0.25, 0.3) is 0 Å². The number of likely N-dealkylation sites (tertiary alicyclic amines) is 1.